The molecule has 1 saturated heterocycles. The summed E-state index contributed by atoms with van der Waals surface area (Å²) in [5.41, 5.74) is 0.514. The van der Waals surface area contributed by atoms with Gasteiger partial charge in [-0.2, -0.15) is 0 Å². The van der Waals surface area contributed by atoms with Crippen LogP contribution >= 0.6 is 27.5 Å². The first kappa shape index (κ1) is 17.4. The first-order valence-electron chi connectivity index (χ1n) is 9.24. The SMILES string of the molecule is O=C(CCN1C(=O)[C@@H]2[C@H]3C=C[C@H]([C@@H]4C[C@H]34)[C@@H]2C1=O)Nc1ccc(Br)cc1Cl. The van der Waals surface area contributed by atoms with E-state index in [1.165, 1.54) is 4.90 Å². The van der Waals surface area contributed by atoms with Crippen molar-refractivity contribution in [2.45, 2.75) is 12.8 Å². The molecule has 5 aliphatic rings. The van der Waals surface area contributed by atoms with E-state index < -0.39 is 0 Å². The fourth-order valence-electron chi connectivity index (χ4n) is 5.26. The van der Waals surface area contributed by atoms with Crippen molar-refractivity contribution >= 4 is 50.9 Å². The van der Waals surface area contributed by atoms with Crippen LogP contribution < -0.4 is 5.32 Å². The van der Waals surface area contributed by atoms with Gasteiger partial charge in [0.1, 0.15) is 0 Å². The van der Waals surface area contributed by atoms with E-state index in [0.29, 0.717) is 22.5 Å². The Hall–Kier alpha value is -1.66. The van der Waals surface area contributed by atoms with Gasteiger partial charge < -0.3 is 5.32 Å². The number of amides is 3. The van der Waals surface area contributed by atoms with Gasteiger partial charge in [0, 0.05) is 17.4 Å². The molecule has 140 valence electrons. The van der Waals surface area contributed by atoms with Gasteiger partial charge in [-0.05, 0) is 48.3 Å². The number of carbonyl (C=O) groups is 3. The van der Waals surface area contributed by atoms with Crippen LogP contribution in [0.25, 0.3) is 0 Å². The number of hydrogen-bond acceptors (Lipinski definition) is 3. The molecule has 2 bridgehead atoms. The zero-order chi connectivity index (χ0) is 18.9. The molecule has 0 radical (unpaired) electrons. The van der Waals surface area contributed by atoms with E-state index in [2.05, 4.69) is 33.4 Å². The molecule has 27 heavy (non-hydrogen) atoms. The molecule has 1 aromatic carbocycles. The molecule has 0 spiro atoms. The molecule has 1 aromatic rings. The normalized spacial score (nSPS) is 35.3. The van der Waals surface area contributed by atoms with E-state index in [-0.39, 0.29) is 54.4 Å². The zero-order valence-electron chi connectivity index (χ0n) is 14.4. The number of hydrogen-bond donors (Lipinski definition) is 1. The van der Waals surface area contributed by atoms with Gasteiger partial charge in [-0.15, -0.1) is 0 Å². The summed E-state index contributed by atoms with van der Waals surface area (Å²) in [6.45, 7) is 0.124. The van der Waals surface area contributed by atoms with Gasteiger partial charge in [-0.1, -0.05) is 39.7 Å². The first-order chi connectivity index (χ1) is 13.0. The van der Waals surface area contributed by atoms with E-state index in [1.54, 1.807) is 18.2 Å². The molecule has 6 atom stereocenters. The molecular formula is C20H18BrClN2O3. The zero-order valence-corrected chi connectivity index (χ0v) is 16.7. The predicted octanol–water partition coefficient (Wildman–Crippen LogP) is 3.48. The Labute approximate surface area is 170 Å². The predicted molar refractivity (Wildman–Crippen MR) is 104 cm³/mol. The quantitative estimate of drug-likeness (QED) is 0.565. The Morgan fingerprint density at radius 1 is 1.15 bits per heavy atom. The number of imide groups is 1. The second-order valence-corrected chi connectivity index (χ2v) is 9.23. The van der Waals surface area contributed by atoms with Crippen molar-refractivity contribution in [1.82, 2.24) is 4.90 Å². The molecular weight excluding hydrogens is 432 g/mol. The van der Waals surface area contributed by atoms with E-state index in [4.69, 9.17) is 11.6 Å². The number of nitrogens with zero attached hydrogens (tertiary/aromatic N) is 1. The molecule has 0 aromatic heterocycles. The molecule has 1 aliphatic heterocycles. The number of halogens is 2. The third-order valence-electron chi connectivity index (χ3n) is 6.52. The third-order valence-corrected chi connectivity index (χ3v) is 7.33. The van der Waals surface area contributed by atoms with E-state index >= 15 is 0 Å². The lowest BCUT2D eigenvalue weighted by molar-refractivity contribution is -0.140. The molecule has 4 aliphatic carbocycles. The minimum absolute atomic E-state index is 0.0684. The summed E-state index contributed by atoms with van der Waals surface area (Å²) in [5.74, 6) is 0.720. The second kappa shape index (κ2) is 6.17. The summed E-state index contributed by atoms with van der Waals surface area (Å²) in [6, 6.07) is 5.19. The topological polar surface area (TPSA) is 66.5 Å². The fraction of sp³-hybridized carbons (Fsp3) is 0.450. The maximum atomic E-state index is 12.9. The number of anilines is 1. The molecule has 1 heterocycles. The average molecular weight is 450 g/mol. The van der Waals surface area contributed by atoms with Crippen LogP contribution in [-0.4, -0.2) is 29.2 Å². The third kappa shape index (κ3) is 2.68. The highest BCUT2D eigenvalue weighted by atomic mass is 79.9. The summed E-state index contributed by atoms with van der Waals surface area (Å²) in [4.78, 5) is 39.4. The lowest BCUT2D eigenvalue weighted by atomic mass is 9.63. The molecule has 3 amide bonds. The number of likely N-dealkylation sites (tertiary alicyclic amines) is 1. The minimum Gasteiger partial charge on any atom is -0.325 e. The van der Waals surface area contributed by atoms with E-state index in [0.717, 1.165) is 10.9 Å². The lowest BCUT2D eigenvalue weighted by Crippen LogP contribution is -2.40. The number of rotatable bonds is 4. The van der Waals surface area contributed by atoms with Crippen LogP contribution in [0.5, 0.6) is 0 Å². The highest BCUT2D eigenvalue weighted by Crippen LogP contribution is 2.65. The van der Waals surface area contributed by atoms with Crippen LogP contribution in [0.3, 0.4) is 0 Å². The van der Waals surface area contributed by atoms with Crippen molar-refractivity contribution in [2.24, 2.45) is 35.5 Å². The minimum atomic E-state index is -0.265. The van der Waals surface area contributed by atoms with Crippen molar-refractivity contribution in [3.63, 3.8) is 0 Å². The van der Waals surface area contributed by atoms with Gasteiger partial charge in [0.15, 0.2) is 0 Å². The Morgan fingerprint density at radius 3 is 2.37 bits per heavy atom. The molecule has 3 fully saturated rings. The maximum Gasteiger partial charge on any atom is 0.233 e. The van der Waals surface area contributed by atoms with Gasteiger partial charge >= 0.3 is 0 Å². The summed E-state index contributed by atoms with van der Waals surface area (Å²) < 4.78 is 0.822. The van der Waals surface area contributed by atoms with Gasteiger partial charge in [0.25, 0.3) is 0 Å². The van der Waals surface area contributed by atoms with Crippen LogP contribution in [0.15, 0.2) is 34.8 Å². The molecule has 7 heteroatoms. The van der Waals surface area contributed by atoms with Gasteiger partial charge in [-0.3, -0.25) is 19.3 Å². The Kier molecular flexibility index (Phi) is 3.99. The van der Waals surface area contributed by atoms with Crippen LogP contribution in [0.2, 0.25) is 5.02 Å². The van der Waals surface area contributed by atoms with E-state index in [1.807, 2.05) is 0 Å². The van der Waals surface area contributed by atoms with Crippen LogP contribution in [0.1, 0.15) is 12.8 Å². The summed E-state index contributed by atoms with van der Waals surface area (Å²) in [7, 11) is 0. The molecule has 2 saturated carbocycles. The standard InChI is InChI=1S/C20H18BrClN2O3/c21-9-1-4-15(14(22)7-9)23-16(25)5-6-24-19(26)17-10-2-3-11(13-8-12(10)13)18(17)20(24)27/h1-4,7,10-13,17-18H,5-6,8H2,(H,23,25)/t10-,11+,12+,13-,17+,18-. The molecule has 6 rings (SSSR count). The largest absolute Gasteiger partial charge is 0.325 e. The summed E-state index contributed by atoms with van der Waals surface area (Å²) in [6.07, 6.45) is 5.51. The molecule has 1 N–H and O–H groups in total. The Balaban J connectivity index is 1.25. The smallest absolute Gasteiger partial charge is 0.233 e. The van der Waals surface area contributed by atoms with Crippen LogP contribution in [0, 0.1) is 35.5 Å². The monoisotopic (exact) mass is 448 g/mol. The Morgan fingerprint density at radius 2 is 1.78 bits per heavy atom. The van der Waals surface area contributed by atoms with Crippen molar-refractivity contribution in [2.75, 3.05) is 11.9 Å². The molecule has 0 unspecified atom stereocenters. The number of carbonyl (C=O) groups excluding carboxylic acids is 3. The van der Waals surface area contributed by atoms with E-state index in [9.17, 15) is 14.4 Å². The maximum absolute atomic E-state index is 12.9. The highest BCUT2D eigenvalue weighted by Gasteiger charge is 2.66. The van der Waals surface area contributed by atoms with Crippen molar-refractivity contribution in [3.05, 3.63) is 39.8 Å². The first-order valence-corrected chi connectivity index (χ1v) is 10.4. The number of allylic oxidation sites excluding steroid dienone is 2. The van der Waals surface area contributed by atoms with Crippen LogP contribution in [0.4, 0.5) is 5.69 Å². The van der Waals surface area contributed by atoms with Crippen molar-refractivity contribution in [1.29, 1.82) is 0 Å². The number of nitrogens with one attached hydrogen (secondary N) is 1. The van der Waals surface area contributed by atoms with Gasteiger partial charge in [-0.25, -0.2) is 0 Å². The fourth-order valence-corrected chi connectivity index (χ4v) is 5.98. The van der Waals surface area contributed by atoms with Gasteiger partial charge in [0.05, 0.1) is 22.5 Å². The highest BCUT2D eigenvalue weighted by molar-refractivity contribution is 9.10. The average Bonchev–Trinajstić information content (AvgIpc) is 3.41. The van der Waals surface area contributed by atoms with Crippen molar-refractivity contribution in [3.8, 4) is 0 Å². The van der Waals surface area contributed by atoms with Gasteiger partial charge in [0.2, 0.25) is 17.7 Å². The lowest BCUT2D eigenvalue weighted by Gasteiger charge is -2.37. The second-order valence-electron chi connectivity index (χ2n) is 7.91. The number of benzene rings is 1. The van der Waals surface area contributed by atoms with Crippen molar-refractivity contribution < 1.29 is 14.4 Å². The Bertz CT molecular complexity index is 865. The van der Waals surface area contributed by atoms with Crippen LogP contribution in [-0.2, 0) is 14.4 Å². The summed E-state index contributed by atoms with van der Waals surface area (Å²) >= 11 is 9.44. The molecule has 5 nitrogen and oxygen atoms in total. The summed E-state index contributed by atoms with van der Waals surface area (Å²) in [5, 5.41) is 3.17.